The Bertz CT molecular complexity index is 2770. The number of benzene rings is 6. The van der Waals surface area contributed by atoms with Crippen molar-refractivity contribution in [2.45, 2.75) is 133 Å². The molecule has 2 saturated heterocycles. The van der Waals surface area contributed by atoms with E-state index in [0.29, 0.717) is 58.8 Å². The van der Waals surface area contributed by atoms with Gasteiger partial charge in [-0.25, -0.2) is 0 Å². The summed E-state index contributed by atoms with van der Waals surface area (Å²) in [6.45, 7) is 8.90. The summed E-state index contributed by atoms with van der Waals surface area (Å²) in [7, 11) is 3.17. The SMILES string of the molecule is COc1c2c(c(OC)c3c(OCc4ccccc4)c([C@H]4C[C@@H](OCc5ccccc5)[C@H](OCc5ccccc5)[C@@H](C)O4)ccc13)C[C@H]1OC(C)(C)O[C@]13C[C@@](C)(OCc1ccccc1)CC(=O)[C@]23O. The lowest BCUT2D eigenvalue weighted by Crippen LogP contribution is -2.71. The zero-order valence-corrected chi connectivity index (χ0v) is 40.3. The number of ketones is 1. The Morgan fingerprint density at radius 1 is 0.681 bits per heavy atom. The lowest BCUT2D eigenvalue weighted by molar-refractivity contribution is -0.253. The van der Waals surface area contributed by atoms with Gasteiger partial charge in [-0.1, -0.05) is 127 Å². The molecular formula is C58H62O11. The third kappa shape index (κ3) is 8.73. The molecule has 1 spiro atoms. The fourth-order valence-corrected chi connectivity index (χ4v) is 11.4. The number of rotatable bonds is 15. The van der Waals surface area contributed by atoms with E-state index in [-0.39, 0.29) is 50.8 Å². The summed E-state index contributed by atoms with van der Waals surface area (Å²) in [5.74, 6) is -0.325. The minimum Gasteiger partial charge on any atom is -0.496 e. The highest BCUT2D eigenvalue weighted by Gasteiger charge is 2.75. The van der Waals surface area contributed by atoms with E-state index in [9.17, 15) is 5.11 Å². The van der Waals surface area contributed by atoms with Gasteiger partial charge in [0.05, 0.1) is 69.4 Å². The van der Waals surface area contributed by atoms with Crippen LogP contribution in [0.2, 0.25) is 0 Å². The van der Waals surface area contributed by atoms with Crippen molar-refractivity contribution >= 4 is 16.6 Å². The highest BCUT2D eigenvalue weighted by atomic mass is 16.8. The summed E-state index contributed by atoms with van der Waals surface area (Å²) < 4.78 is 60.7. The Morgan fingerprint density at radius 2 is 1.25 bits per heavy atom. The number of aliphatic hydroxyl groups is 1. The van der Waals surface area contributed by atoms with Crippen LogP contribution in [0.1, 0.15) is 92.0 Å². The zero-order chi connectivity index (χ0) is 48.0. The first-order chi connectivity index (χ1) is 33.3. The number of carbonyl (C=O) groups is 1. The van der Waals surface area contributed by atoms with Crippen molar-refractivity contribution in [1.29, 1.82) is 0 Å². The highest BCUT2D eigenvalue weighted by Crippen LogP contribution is 2.64. The highest BCUT2D eigenvalue weighted by molar-refractivity contribution is 6.04. The predicted octanol–water partition coefficient (Wildman–Crippen LogP) is 10.4. The summed E-state index contributed by atoms with van der Waals surface area (Å²) in [4.78, 5) is 15.2. The first kappa shape index (κ1) is 47.1. The molecule has 11 nitrogen and oxygen atoms in total. The number of ether oxygens (including phenoxy) is 9. The molecule has 360 valence electrons. The van der Waals surface area contributed by atoms with E-state index in [0.717, 1.165) is 27.8 Å². The van der Waals surface area contributed by atoms with Gasteiger partial charge >= 0.3 is 0 Å². The van der Waals surface area contributed by atoms with Crippen LogP contribution < -0.4 is 14.2 Å². The molecule has 3 fully saturated rings. The molecule has 10 rings (SSSR count). The molecule has 0 radical (unpaired) electrons. The number of fused-ring (bicyclic) bond motifs is 3. The molecule has 0 amide bonds. The fraction of sp³-hybridized carbons (Fsp3) is 0.397. The minimum absolute atomic E-state index is 0.0807. The first-order valence-corrected chi connectivity index (χ1v) is 24.0. The topological polar surface area (TPSA) is 120 Å². The molecule has 4 aliphatic rings. The van der Waals surface area contributed by atoms with Gasteiger partial charge in [-0.15, -0.1) is 0 Å². The van der Waals surface area contributed by atoms with Crippen LogP contribution in [-0.2, 0) is 71.7 Å². The van der Waals surface area contributed by atoms with Crippen LogP contribution in [0.5, 0.6) is 17.2 Å². The van der Waals surface area contributed by atoms with Crippen LogP contribution in [0.4, 0.5) is 0 Å². The van der Waals surface area contributed by atoms with Gasteiger partial charge in [-0.05, 0) is 56.0 Å². The maximum absolute atomic E-state index is 15.2. The van der Waals surface area contributed by atoms with Crippen molar-refractivity contribution < 1.29 is 52.5 Å². The number of Topliss-reactive ketones (excluding diaryl/α,β-unsaturated/α-hetero) is 1. The van der Waals surface area contributed by atoms with Crippen LogP contribution in [0, 0.1) is 0 Å². The predicted molar refractivity (Wildman–Crippen MR) is 260 cm³/mol. The van der Waals surface area contributed by atoms with E-state index in [1.807, 2.05) is 137 Å². The van der Waals surface area contributed by atoms with Gasteiger partial charge in [0.1, 0.15) is 35.6 Å². The second-order valence-corrected chi connectivity index (χ2v) is 19.7. The molecule has 11 heteroatoms. The molecule has 1 N–H and O–H groups in total. The zero-order valence-electron chi connectivity index (χ0n) is 40.3. The van der Waals surface area contributed by atoms with Crippen molar-refractivity contribution in [3.63, 3.8) is 0 Å². The van der Waals surface area contributed by atoms with Crippen molar-refractivity contribution in [2.24, 2.45) is 0 Å². The molecule has 2 aliphatic heterocycles. The van der Waals surface area contributed by atoms with Crippen LogP contribution in [0.3, 0.4) is 0 Å². The van der Waals surface area contributed by atoms with Gasteiger partial charge in [0, 0.05) is 47.8 Å². The molecule has 0 bridgehead atoms. The average molecular weight is 935 g/mol. The second kappa shape index (κ2) is 18.9. The normalized spacial score (nSPS) is 28.1. The number of methoxy groups -OCH3 is 2. The Balaban J connectivity index is 1.09. The van der Waals surface area contributed by atoms with Gasteiger partial charge in [-0.3, -0.25) is 4.79 Å². The van der Waals surface area contributed by atoms with E-state index in [4.69, 9.17) is 42.6 Å². The Labute approximate surface area is 404 Å². The largest absolute Gasteiger partial charge is 0.496 e. The Kier molecular flexibility index (Phi) is 12.9. The van der Waals surface area contributed by atoms with E-state index < -0.39 is 40.6 Å². The van der Waals surface area contributed by atoms with E-state index in [1.54, 1.807) is 14.2 Å². The summed E-state index contributed by atoms with van der Waals surface area (Å²) in [6.07, 6.45) is -1.61. The molecule has 1 saturated carbocycles. The van der Waals surface area contributed by atoms with Gasteiger partial charge in [0.25, 0.3) is 0 Å². The summed E-state index contributed by atoms with van der Waals surface area (Å²) >= 11 is 0. The van der Waals surface area contributed by atoms with Crippen LogP contribution in [0.25, 0.3) is 10.8 Å². The van der Waals surface area contributed by atoms with E-state index in [2.05, 4.69) is 24.3 Å². The maximum Gasteiger partial charge on any atom is 0.183 e. The summed E-state index contributed by atoms with van der Waals surface area (Å²) in [6, 6.07) is 44.0. The third-order valence-electron chi connectivity index (χ3n) is 14.4. The quantitative estimate of drug-likeness (QED) is 0.106. The van der Waals surface area contributed by atoms with Gasteiger partial charge in [-0.2, -0.15) is 0 Å². The summed E-state index contributed by atoms with van der Waals surface area (Å²) in [5, 5.41) is 14.8. The van der Waals surface area contributed by atoms with Gasteiger partial charge in [0.2, 0.25) is 0 Å². The molecule has 2 heterocycles. The molecule has 6 aromatic carbocycles. The number of hydrogen-bond acceptors (Lipinski definition) is 11. The van der Waals surface area contributed by atoms with Crippen LogP contribution >= 0.6 is 0 Å². The smallest absolute Gasteiger partial charge is 0.183 e. The lowest BCUT2D eigenvalue weighted by Gasteiger charge is -2.56. The van der Waals surface area contributed by atoms with E-state index in [1.165, 1.54) is 0 Å². The first-order valence-electron chi connectivity index (χ1n) is 24.0. The molecule has 0 aromatic heterocycles. The third-order valence-corrected chi connectivity index (χ3v) is 14.4. The molecule has 6 aromatic rings. The maximum atomic E-state index is 15.2. The molecular weight excluding hydrogens is 873 g/mol. The lowest BCUT2D eigenvalue weighted by atomic mass is 9.56. The average Bonchev–Trinajstić information content (AvgIpc) is 3.63. The number of hydrogen-bond donors (Lipinski definition) is 1. The Hall–Kier alpha value is -5.63. The fourth-order valence-electron chi connectivity index (χ4n) is 11.4. The van der Waals surface area contributed by atoms with Crippen molar-refractivity contribution in [2.75, 3.05) is 14.2 Å². The monoisotopic (exact) mass is 934 g/mol. The van der Waals surface area contributed by atoms with Gasteiger partial charge < -0.3 is 47.7 Å². The standard InChI is InChI=1S/C58H62O11/c1-37-51(64-33-39-21-13-8-14-22-39)46(63-32-38-19-11-7-12-20-38)30-45(67-37)42-27-28-43-49(53(42)65-34-40-23-15-9-16-24-40)52(61-5)44-29-48-57(69-55(2,3)68-48)36-56(4,66-35-41-25-17-10-18-26-41)31-47(59)58(57,60)50(44)54(43)62-6/h7-28,37,45-46,48,51,60H,29-36H2,1-6H3/t37-,45-,46-,48-,51-,56+,57-,58+/m1/s1. The molecule has 8 atom stereocenters. The van der Waals surface area contributed by atoms with Crippen LogP contribution in [-0.4, -0.2) is 66.5 Å². The van der Waals surface area contributed by atoms with Crippen molar-refractivity contribution in [1.82, 2.24) is 0 Å². The van der Waals surface area contributed by atoms with Crippen LogP contribution in [0.15, 0.2) is 133 Å². The Morgan fingerprint density at radius 3 is 1.84 bits per heavy atom. The summed E-state index contributed by atoms with van der Waals surface area (Å²) in [5.41, 5.74) is 0.964. The van der Waals surface area contributed by atoms with Crippen molar-refractivity contribution in [3.05, 3.63) is 172 Å². The molecule has 0 unspecified atom stereocenters. The molecule has 2 aliphatic carbocycles. The molecule has 69 heavy (non-hydrogen) atoms. The van der Waals surface area contributed by atoms with Crippen molar-refractivity contribution in [3.8, 4) is 17.2 Å². The minimum atomic E-state index is -2.22. The number of carbonyl (C=O) groups excluding carboxylic acids is 1. The van der Waals surface area contributed by atoms with Gasteiger partial charge in [0.15, 0.2) is 17.2 Å². The van der Waals surface area contributed by atoms with E-state index >= 15 is 4.79 Å². The second-order valence-electron chi connectivity index (χ2n) is 19.7.